The second kappa shape index (κ2) is 7.12. The van der Waals surface area contributed by atoms with Crippen LogP contribution in [0, 0.1) is 5.82 Å². The minimum atomic E-state index is -0.412. The first-order valence-electron chi connectivity index (χ1n) is 7.69. The average Bonchev–Trinajstić information content (AvgIpc) is 3.03. The monoisotopic (exact) mass is 335 g/mol. The van der Waals surface area contributed by atoms with Gasteiger partial charge in [0.2, 0.25) is 5.91 Å². The number of carbonyl (C=O) groups excluding carboxylic acids is 1. The zero-order chi connectivity index (χ0) is 16.2. The van der Waals surface area contributed by atoms with Crippen molar-refractivity contribution in [3.05, 3.63) is 30.1 Å². The Morgan fingerprint density at radius 3 is 2.74 bits per heavy atom. The molecule has 5 nitrogen and oxygen atoms in total. The number of amides is 1. The highest BCUT2D eigenvalue weighted by atomic mass is 32.2. The van der Waals surface area contributed by atoms with Crippen molar-refractivity contribution in [1.29, 1.82) is 0 Å². The molecule has 1 saturated heterocycles. The van der Waals surface area contributed by atoms with Gasteiger partial charge in [-0.15, -0.1) is 10.2 Å². The summed E-state index contributed by atoms with van der Waals surface area (Å²) >= 11 is 1.21. The van der Waals surface area contributed by atoms with Crippen molar-refractivity contribution in [2.24, 2.45) is 0 Å². The molecule has 1 aliphatic rings. The summed E-state index contributed by atoms with van der Waals surface area (Å²) in [6, 6.07) is 6.23. The number of carbonyl (C=O) groups is 1. The number of rotatable bonds is 4. The minimum Gasteiger partial charge on any atom is -0.411 e. The third kappa shape index (κ3) is 3.72. The van der Waals surface area contributed by atoms with Crippen molar-refractivity contribution in [2.45, 2.75) is 36.7 Å². The molecule has 1 fully saturated rings. The smallest absolute Gasteiger partial charge is 0.277 e. The lowest BCUT2D eigenvalue weighted by Gasteiger charge is -2.28. The minimum absolute atomic E-state index is 0.0836. The van der Waals surface area contributed by atoms with Crippen molar-refractivity contribution in [1.82, 2.24) is 15.1 Å². The normalized spacial score (nSPS) is 16.3. The molecular formula is C16H18FN3O2S. The summed E-state index contributed by atoms with van der Waals surface area (Å²) in [7, 11) is 0. The van der Waals surface area contributed by atoms with Crippen LogP contribution in [0.3, 0.4) is 0 Å². The van der Waals surface area contributed by atoms with Crippen LogP contribution < -0.4 is 0 Å². The van der Waals surface area contributed by atoms with Crippen LogP contribution in [0.4, 0.5) is 4.39 Å². The molecule has 0 unspecified atom stereocenters. The number of hydrogen-bond acceptors (Lipinski definition) is 5. The Morgan fingerprint density at radius 2 is 2.00 bits per heavy atom. The Morgan fingerprint density at radius 1 is 1.26 bits per heavy atom. The molecule has 0 N–H and O–H groups in total. The maximum atomic E-state index is 13.7. The summed E-state index contributed by atoms with van der Waals surface area (Å²) in [5, 5.41) is 7.75. The largest absolute Gasteiger partial charge is 0.411 e. The second-order valence-electron chi connectivity index (χ2n) is 5.50. The van der Waals surface area contributed by atoms with Gasteiger partial charge in [-0.3, -0.25) is 4.79 Å². The van der Waals surface area contributed by atoms with E-state index in [2.05, 4.69) is 10.2 Å². The van der Waals surface area contributed by atoms with Gasteiger partial charge in [-0.25, -0.2) is 4.39 Å². The third-order valence-electron chi connectivity index (χ3n) is 3.80. The molecule has 3 rings (SSSR count). The van der Waals surface area contributed by atoms with Crippen molar-refractivity contribution >= 4 is 17.7 Å². The lowest BCUT2D eigenvalue weighted by molar-refractivity contribution is -0.131. The predicted molar refractivity (Wildman–Crippen MR) is 85.4 cm³/mol. The fourth-order valence-electron chi connectivity index (χ4n) is 2.57. The average molecular weight is 335 g/mol. The van der Waals surface area contributed by atoms with E-state index in [1.807, 2.05) is 11.8 Å². The van der Waals surface area contributed by atoms with Crippen molar-refractivity contribution in [3.8, 4) is 11.5 Å². The van der Waals surface area contributed by atoms with Gasteiger partial charge in [0, 0.05) is 13.1 Å². The maximum absolute atomic E-state index is 13.7. The lowest BCUT2D eigenvalue weighted by atomic mass is 10.1. The fraction of sp³-hybridized carbons (Fsp3) is 0.438. The molecule has 0 saturated carbocycles. The summed E-state index contributed by atoms with van der Waals surface area (Å²) in [5.74, 6) is -0.200. The molecule has 122 valence electrons. The van der Waals surface area contributed by atoms with Crippen molar-refractivity contribution < 1.29 is 13.6 Å². The fourth-order valence-corrected chi connectivity index (χ4v) is 3.34. The van der Waals surface area contributed by atoms with E-state index in [0.717, 1.165) is 25.9 Å². The van der Waals surface area contributed by atoms with Gasteiger partial charge in [0.15, 0.2) is 0 Å². The van der Waals surface area contributed by atoms with Gasteiger partial charge in [0.1, 0.15) is 5.82 Å². The highest BCUT2D eigenvalue weighted by Gasteiger charge is 2.25. The third-order valence-corrected chi connectivity index (χ3v) is 4.73. The topological polar surface area (TPSA) is 59.2 Å². The zero-order valence-corrected chi connectivity index (χ0v) is 13.7. The molecular weight excluding hydrogens is 317 g/mol. The molecule has 2 heterocycles. The number of halogens is 1. The lowest BCUT2D eigenvalue weighted by Crippen LogP contribution is -2.40. The first kappa shape index (κ1) is 16.0. The number of hydrogen-bond donors (Lipinski definition) is 0. The van der Waals surface area contributed by atoms with Gasteiger partial charge < -0.3 is 9.32 Å². The van der Waals surface area contributed by atoms with Crippen LogP contribution in [-0.4, -0.2) is 39.3 Å². The number of benzene rings is 1. The van der Waals surface area contributed by atoms with Crippen molar-refractivity contribution in [3.63, 3.8) is 0 Å². The Hall–Kier alpha value is -1.89. The van der Waals surface area contributed by atoms with Gasteiger partial charge in [-0.1, -0.05) is 23.9 Å². The van der Waals surface area contributed by atoms with Gasteiger partial charge in [-0.05, 0) is 38.3 Å². The van der Waals surface area contributed by atoms with Gasteiger partial charge in [0.25, 0.3) is 11.1 Å². The van der Waals surface area contributed by atoms with Gasteiger partial charge >= 0.3 is 0 Å². The van der Waals surface area contributed by atoms with E-state index in [0.29, 0.717) is 0 Å². The number of thioether (sulfide) groups is 1. The summed E-state index contributed by atoms with van der Waals surface area (Å²) in [5.41, 5.74) is 0.266. The summed E-state index contributed by atoms with van der Waals surface area (Å²) in [4.78, 5) is 14.3. The van der Waals surface area contributed by atoms with Crippen LogP contribution >= 0.6 is 11.8 Å². The Balaban J connectivity index is 1.66. The van der Waals surface area contributed by atoms with E-state index in [-0.39, 0.29) is 27.8 Å². The number of aromatic nitrogens is 2. The Bertz CT molecular complexity index is 685. The molecule has 1 aromatic heterocycles. The molecule has 0 spiro atoms. The Kier molecular flexibility index (Phi) is 4.95. The molecule has 0 bridgehead atoms. The Labute approximate surface area is 138 Å². The number of likely N-dealkylation sites (tertiary alicyclic amines) is 1. The van der Waals surface area contributed by atoms with E-state index in [9.17, 15) is 9.18 Å². The van der Waals surface area contributed by atoms with E-state index < -0.39 is 5.82 Å². The van der Waals surface area contributed by atoms with Crippen molar-refractivity contribution in [2.75, 3.05) is 13.1 Å². The molecule has 1 atom stereocenters. The van der Waals surface area contributed by atoms with Gasteiger partial charge in [-0.2, -0.15) is 0 Å². The number of piperidine rings is 1. The van der Waals surface area contributed by atoms with Crippen LogP contribution in [-0.2, 0) is 4.79 Å². The van der Waals surface area contributed by atoms with Crippen LogP contribution in [0.15, 0.2) is 33.9 Å². The quantitative estimate of drug-likeness (QED) is 0.802. The molecule has 1 amide bonds. The molecule has 0 radical (unpaired) electrons. The van der Waals surface area contributed by atoms with Crippen LogP contribution in [0.5, 0.6) is 0 Å². The molecule has 7 heteroatoms. The zero-order valence-electron chi connectivity index (χ0n) is 12.9. The molecule has 1 aliphatic heterocycles. The summed E-state index contributed by atoms with van der Waals surface area (Å²) in [6.07, 6.45) is 3.29. The SMILES string of the molecule is C[C@H](Sc1nnc(-c2ccccc2F)o1)C(=O)N1CCCCC1. The summed E-state index contributed by atoms with van der Waals surface area (Å²) in [6.45, 7) is 3.46. The predicted octanol–water partition coefficient (Wildman–Crippen LogP) is 3.37. The highest BCUT2D eigenvalue weighted by molar-refractivity contribution is 8.00. The molecule has 1 aromatic carbocycles. The van der Waals surface area contributed by atoms with Crippen LogP contribution in [0.2, 0.25) is 0 Å². The molecule has 23 heavy (non-hydrogen) atoms. The standard InChI is InChI=1S/C16H18FN3O2S/c1-11(15(21)20-9-5-2-6-10-20)23-16-19-18-14(22-16)12-7-3-4-8-13(12)17/h3-4,7-8,11H,2,5-6,9-10H2,1H3/t11-/m0/s1. The van der Waals surface area contributed by atoms with Crippen LogP contribution in [0.1, 0.15) is 26.2 Å². The van der Waals surface area contributed by atoms with Gasteiger partial charge in [0.05, 0.1) is 10.8 Å². The second-order valence-corrected chi connectivity index (χ2v) is 6.79. The first-order valence-corrected chi connectivity index (χ1v) is 8.57. The van der Waals surface area contributed by atoms with E-state index in [1.165, 1.54) is 24.2 Å². The van der Waals surface area contributed by atoms with E-state index in [1.54, 1.807) is 18.2 Å². The molecule has 2 aromatic rings. The molecule has 0 aliphatic carbocycles. The maximum Gasteiger partial charge on any atom is 0.277 e. The first-order chi connectivity index (χ1) is 11.1. The summed E-state index contributed by atoms with van der Waals surface area (Å²) < 4.78 is 19.2. The number of nitrogens with zero attached hydrogens (tertiary/aromatic N) is 3. The van der Waals surface area contributed by atoms with Crippen LogP contribution in [0.25, 0.3) is 11.5 Å². The van der Waals surface area contributed by atoms with E-state index in [4.69, 9.17) is 4.42 Å². The van der Waals surface area contributed by atoms with E-state index >= 15 is 0 Å². The highest BCUT2D eigenvalue weighted by Crippen LogP contribution is 2.28.